The smallest absolute Gasteiger partial charge is 0.335 e. The van der Waals surface area contributed by atoms with Crippen LogP contribution >= 0.6 is 0 Å². The van der Waals surface area contributed by atoms with Gasteiger partial charge in [-0.2, -0.15) is 0 Å². The molecule has 0 aromatic carbocycles. The number of hydrogen-bond acceptors (Lipinski definition) is 4. The zero-order valence-electron chi connectivity index (χ0n) is 5.48. The van der Waals surface area contributed by atoms with Gasteiger partial charge in [0, 0.05) is 0 Å². The third-order valence-electron chi connectivity index (χ3n) is 1.21. The van der Waals surface area contributed by atoms with Gasteiger partial charge in [-0.25, -0.2) is 4.79 Å². The average molecular weight is 158 g/mol. The summed E-state index contributed by atoms with van der Waals surface area (Å²) in [7, 11) is 0. The van der Waals surface area contributed by atoms with Crippen molar-refractivity contribution >= 4 is 11.9 Å². The van der Waals surface area contributed by atoms with E-state index in [1.165, 1.54) is 0 Å². The number of ether oxygens (including phenoxy) is 1. The van der Waals surface area contributed by atoms with Crippen LogP contribution in [0.5, 0.6) is 0 Å². The Morgan fingerprint density at radius 1 is 1.73 bits per heavy atom. The number of esters is 1. The molecule has 1 rings (SSSR count). The predicted octanol–water partition coefficient (Wildman–Crippen LogP) is -0.172. The molecule has 0 saturated carbocycles. The fraction of sp³-hybridized carbons (Fsp3) is 0.333. The molecule has 60 valence electrons. The van der Waals surface area contributed by atoms with Crippen molar-refractivity contribution in [2.75, 3.05) is 0 Å². The van der Waals surface area contributed by atoms with Crippen molar-refractivity contribution < 1.29 is 24.5 Å². The maximum absolute atomic E-state index is 10.4. The molecule has 0 aromatic rings. The van der Waals surface area contributed by atoms with Crippen LogP contribution in [-0.4, -0.2) is 28.3 Å². The Balaban J connectivity index is 2.57. The van der Waals surface area contributed by atoms with Gasteiger partial charge in [0.1, 0.15) is 5.76 Å². The molecule has 1 atom stereocenters. The largest absolute Gasteiger partial charge is 0.508 e. The first-order chi connectivity index (χ1) is 5.09. The molecule has 11 heavy (non-hydrogen) atoms. The summed E-state index contributed by atoms with van der Waals surface area (Å²) in [5.41, 5.74) is 0. The van der Waals surface area contributed by atoms with Gasteiger partial charge in [0.25, 0.3) is 0 Å². The number of aliphatic hydroxyl groups is 1. The van der Waals surface area contributed by atoms with E-state index in [1.54, 1.807) is 0 Å². The Kier molecular flexibility index (Phi) is 1.80. The second-order valence-electron chi connectivity index (χ2n) is 2.09. The van der Waals surface area contributed by atoms with Gasteiger partial charge in [-0.3, -0.25) is 4.79 Å². The second-order valence-corrected chi connectivity index (χ2v) is 2.09. The minimum atomic E-state index is -1.12. The second kappa shape index (κ2) is 2.61. The predicted molar refractivity (Wildman–Crippen MR) is 32.8 cm³/mol. The molecule has 0 bridgehead atoms. The molecule has 1 aliphatic heterocycles. The van der Waals surface area contributed by atoms with Crippen LogP contribution in [0.4, 0.5) is 0 Å². The van der Waals surface area contributed by atoms with Gasteiger partial charge in [-0.15, -0.1) is 0 Å². The first-order valence-electron chi connectivity index (χ1n) is 2.92. The SMILES string of the molecule is O=C(O)CC1OC(=O)C=C1O. The van der Waals surface area contributed by atoms with Crippen molar-refractivity contribution in [2.24, 2.45) is 0 Å². The zero-order valence-corrected chi connectivity index (χ0v) is 5.48. The Hall–Kier alpha value is -1.52. The van der Waals surface area contributed by atoms with Gasteiger partial charge in [0.2, 0.25) is 0 Å². The Labute approximate surface area is 61.9 Å². The van der Waals surface area contributed by atoms with Crippen LogP contribution in [0.15, 0.2) is 11.8 Å². The van der Waals surface area contributed by atoms with Crippen molar-refractivity contribution in [1.82, 2.24) is 0 Å². The minimum absolute atomic E-state index is 0.322. The molecule has 5 heteroatoms. The number of cyclic esters (lactones) is 1. The quantitative estimate of drug-likeness (QED) is 0.545. The number of aliphatic carboxylic acids is 1. The molecular formula is C6H6O5. The lowest BCUT2D eigenvalue weighted by Crippen LogP contribution is -2.16. The van der Waals surface area contributed by atoms with Crippen LogP contribution in [0.3, 0.4) is 0 Å². The Morgan fingerprint density at radius 3 is 2.73 bits per heavy atom. The highest BCUT2D eigenvalue weighted by Crippen LogP contribution is 2.15. The lowest BCUT2D eigenvalue weighted by atomic mass is 10.2. The van der Waals surface area contributed by atoms with Crippen molar-refractivity contribution in [1.29, 1.82) is 0 Å². The molecule has 0 saturated heterocycles. The van der Waals surface area contributed by atoms with Crippen LogP contribution in [0.1, 0.15) is 6.42 Å². The van der Waals surface area contributed by atoms with Gasteiger partial charge in [-0.05, 0) is 0 Å². The highest BCUT2D eigenvalue weighted by molar-refractivity contribution is 5.86. The third-order valence-corrected chi connectivity index (χ3v) is 1.21. The topological polar surface area (TPSA) is 83.8 Å². The monoisotopic (exact) mass is 158 g/mol. The fourth-order valence-corrected chi connectivity index (χ4v) is 0.753. The Morgan fingerprint density at radius 2 is 2.36 bits per heavy atom. The number of carbonyl (C=O) groups is 2. The number of carbonyl (C=O) groups excluding carboxylic acids is 1. The van der Waals surface area contributed by atoms with Gasteiger partial charge < -0.3 is 14.9 Å². The minimum Gasteiger partial charge on any atom is -0.508 e. The number of hydrogen-bond donors (Lipinski definition) is 2. The summed E-state index contributed by atoms with van der Waals surface area (Å²) in [6.07, 6.45) is -0.526. The maximum atomic E-state index is 10.4. The molecule has 0 radical (unpaired) electrons. The first-order valence-corrected chi connectivity index (χ1v) is 2.92. The van der Waals surface area contributed by atoms with Gasteiger partial charge in [0.15, 0.2) is 6.10 Å². The molecule has 1 heterocycles. The molecule has 5 nitrogen and oxygen atoms in total. The van der Waals surface area contributed by atoms with Crippen LogP contribution in [0.2, 0.25) is 0 Å². The van der Waals surface area contributed by atoms with Crippen LogP contribution in [-0.2, 0) is 14.3 Å². The van der Waals surface area contributed by atoms with Crippen molar-refractivity contribution in [3.05, 3.63) is 11.8 Å². The van der Waals surface area contributed by atoms with Crippen LogP contribution in [0.25, 0.3) is 0 Å². The molecule has 0 fully saturated rings. The van der Waals surface area contributed by atoms with E-state index >= 15 is 0 Å². The molecule has 2 N–H and O–H groups in total. The van der Waals surface area contributed by atoms with Crippen molar-refractivity contribution in [3.8, 4) is 0 Å². The highest BCUT2D eigenvalue weighted by atomic mass is 16.6. The fourth-order valence-electron chi connectivity index (χ4n) is 0.753. The molecule has 0 spiro atoms. The van der Waals surface area contributed by atoms with E-state index in [-0.39, 0.29) is 5.76 Å². The van der Waals surface area contributed by atoms with Crippen LogP contribution < -0.4 is 0 Å². The summed E-state index contributed by atoms with van der Waals surface area (Å²) in [5.74, 6) is -2.14. The summed E-state index contributed by atoms with van der Waals surface area (Å²) in [6.45, 7) is 0. The van der Waals surface area contributed by atoms with Crippen LogP contribution in [0, 0.1) is 0 Å². The normalized spacial score (nSPS) is 22.7. The number of rotatable bonds is 2. The standard InChI is InChI=1S/C6H6O5/c7-3-1-6(10)11-4(3)2-5(8)9/h1,4,7H,2H2,(H,8,9). The number of carboxylic acids is 1. The summed E-state index contributed by atoms with van der Waals surface area (Å²) in [5, 5.41) is 17.1. The molecular weight excluding hydrogens is 152 g/mol. The summed E-state index contributed by atoms with van der Waals surface area (Å²) >= 11 is 0. The first kappa shape index (κ1) is 7.59. The molecule has 0 aliphatic carbocycles. The summed E-state index contributed by atoms with van der Waals surface area (Å²) in [6, 6.07) is 0. The maximum Gasteiger partial charge on any atom is 0.335 e. The molecule has 1 aliphatic rings. The van der Waals surface area contributed by atoms with E-state index in [4.69, 9.17) is 10.2 Å². The van der Waals surface area contributed by atoms with E-state index in [0.717, 1.165) is 6.08 Å². The van der Waals surface area contributed by atoms with E-state index in [1.807, 2.05) is 0 Å². The lowest BCUT2D eigenvalue weighted by molar-refractivity contribution is -0.145. The molecule has 0 aromatic heterocycles. The van der Waals surface area contributed by atoms with Gasteiger partial charge in [0.05, 0.1) is 12.5 Å². The van der Waals surface area contributed by atoms with Crippen molar-refractivity contribution in [2.45, 2.75) is 12.5 Å². The van der Waals surface area contributed by atoms with Gasteiger partial charge in [-0.1, -0.05) is 0 Å². The third kappa shape index (κ3) is 1.70. The zero-order chi connectivity index (χ0) is 8.43. The van der Waals surface area contributed by atoms with Gasteiger partial charge >= 0.3 is 11.9 Å². The highest BCUT2D eigenvalue weighted by Gasteiger charge is 2.27. The van der Waals surface area contributed by atoms with E-state index in [0.29, 0.717) is 0 Å². The number of aliphatic hydroxyl groups excluding tert-OH is 1. The Bertz CT molecular complexity index is 229. The van der Waals surface area contributed by atoms with E-state index in [2.05, 4.69) is 4.74 Å². The van der Waals surface area contributed by atoms with E-state index < -0.39 is 24.5 Å². The van der Waals surface area contributed by atoms with E-state index in [9.17, 15) is 9.59 Å². The molecule has 1 unspecified atom stereocenters. The van der Waals surface area contributed by atoms with Crippen molar-refractivity contribution in [3.63, 3.8) is 0 Å². The number of carboxylic acid groups (broad SMARTS) is 1. The molecule has 0 amide bonds. The summed E-state index contributed by atoms with van der Waals surface area (Å²) < 4.78 is 4.42. The summed E-state index contributed by atoms with van der Waals surface area (Å²) in [4.78, 5) is 20.5. The average Bonchev–Trinajstić information content (AvgIpc) is 2.09. The lowest BCUT2D eigenvalue weighted by Gasteiger charge is -2.05.